The van der Waals surface area contributed by atoms with Crippen LogP contribution in [-0.2, 0) is 21.2 Å². The van der Waals surface area contributed by atoms with Gasteiger partial charge in [0.25, 0.3) is 0 Å². The zero-order valence-electron chi connectivity index (χ0n) is 12.9. The van der Waals surface area contributed by atoms with E-state index in [9.17, 15) is 22.0 Å². The number of nitrogens with zero attached hydrogens (tertiary/aromatic N) is 1. The molecule has 0 atom stereocenters. The van der Waals surface area contributed by atoms with Crippen molar-refractivity contribution < 1.29 is 22.0 Å². The highest BCUT2D eigenvalue weighted by Crippen LogP contribution is 2.19. The van der Waals surface area contributed by atoms with E-state index in [0.29, 0.717) is 44.5 Å². The number of carbonyl (C=O) groups is 1. The van der Waals surface area contributed by atoms with Gasteiger partial charge in [0.1, 0.15) is 0 Å². The summed E-state index contributed by atoms with van der Waals surface area (Å²) >= 11 is 0. The quantitative estimate of drug-likeness (QED) is 0.874. The summed E-state index contributed by atoms with van der Waals surface area (Å²) in [5, 5.41) is 2.77. The van der Waals surface area contributed by atoms with Gasteiger partial charge in [-0.25, -0.2) is 21.5 Å². The van der Waals surface area contributed by atoms with Crippen LogP contribution < -0.4 is 5.32 Å². The summed E-state index contributed by atoms with van der Waals surface area (Å²) in [6.45, 7) is 1.02. The van der Waals surface area contributed by atoms with Gasteiger partial charge < -0.3 is 5.32 Å². The normalized spacial score (nSPS) is 17.2. The van der Waals surface area contributed by atoms with Crippen LogP contribution in [0.15, 0.2) is 18.2 Å². The Bertz CT molecular complexity index is 671. The van der Waals surface area contributed by atoms with E-state index in [2.05, 4.69) is 5.32 Å². The van der Waals surface area contributed by atoms with Crippen LogP contribution in [0.3, 0.4) is 0 Å². The van der Waals surface area contributed by atoms with Crippen molar-refractivity contribution in [3.8, 4) is 0 Å². The zero-order chi connectivity index (χ0) is 17.0. The maximum atomic E-state index is 13.1. The molecule has 5 nitrogen and oxygen atoms in total. The number of halogens is 2. The number of sulfonamides is 1. The molecule has 1 saturated heterocycles. The van der Waals surface area contributed by atoms with Gasteiger partial charge in [0.05, 0.1) is 6.26 Å². The molecule has 0 spiro atoms. The van der Waals surface area contributed by atoms with Gasteiger partial charge >= 0.3 is 0 Å². The van der Waals surface area contributed by atoms with Crippen molar-refractivity contribution in [2.75, 3.05) is 25.9 Å². The Kier molecular flexibility index (Phi) is 5.69. The number of piperidine rings is 1. The number of benzene rings is 1. The minimum atomic E-state index is -3.20. The van der Waals surface area contributed by atoms with Gasteiger partial charge in [-0.3, -0.25) is 4.79 Å². The third-order valence-electron chi connectivity index (χ3n) is 3.99. The van der Waals surface area contributed by atoms with Gasteiger partial charge in [-0.1, -0.05) is 6.07 Å². The second-order valence-corrected chi connectivity index (χ2v) is 7.71. The number of nitrogens with one attached hydrogen (secondary N) is 1. The summed E-state index contributed by atoms with van der Waals surface area (Å²) in [5.41, 5.74) is 0.607. The number of hydrogen-bond acceptors (Lipinski definition) is 3. The molecule has 2 rings (SSSR count). The molecule has 0 bridgehead atoms. The third kappa shape index (κ3) is 4.97. The maximum absolute atomic E-state index is 13.1. The van der Waals surface area contributed by atoms with E-state index < -0.39 is 21.7 Å². The fourth-order valence-electron chi connectivity index (χ4n) is 2.62. The summed E-state index contributed by atoms with van der Waals surface area (Å²) in [6, 6.07) is 3.66. The lowest BCUT2D eigenvalue weighted by Gasteiger charge is -2.29. The topological polar surface area (TPSA) is 66.5 Å². The molecule has 0 aliphatic carbocycles. The van der Waals surface area contributed by atoms with Crippen molar-refractivity contribution in [3.05, 3.63) is 35.4 Å². The van der Waals surface area contributed by atoms with E-state index in [1.807, 2.05) is 0 Å². The van der Waals surface area contributed by atoms with E-state index in [4.69, 9.17) is 0 Å². The fraction of sp³-hybridized carbons (Fsp3) is 0.533. The molecule has 1 fully saturated rings. The van der Waals surface area contributed by atoms with E-state index in [1.165, 1.54) is 10.4 Å². The second kappa shape index (κ2) is 7.35. The largest absolute Gasteiger partial charge is 0.356 e. The van der Waals surface area contributed by atoms with Crippen LogP contribution in [0.2, 0.25) is 0 Å². The first-order valence-electron chi connectivity index (χ1n) is 7.44. The maximum Gasteiger partial charge on any atom is 0.223 e. The summed E-state index contributed by atoms with van der Waals surface area (Å²) < 4.78 is 50.1. The van der Waals surface area contributed by atoms with Crippen molar-refractivity contribution in [1.82, 2.24) is 9.62 Å². The molecule has 1 aliphatic rings. The van der Waals surface area contributed by atoms with Crippen molar-refractivity contribution in [1.29, 1.82) is 0 Å². The average molecular weight is 346 g/mol. The minimum Gasteiger partial charge on any atom is -0.356 e. The average Bonchev–Trinajstić information content (AvgIpc) is 2.50. The lowest BCUT2D eigenvalue weighted by molar-refractivity contribution is -0.126. The number of rotatable bonds is 5. The number of amides is 1. The van der Waals surface area contributed by atoms with E-state index >= 15 is 0 Å². The predicted octanol–water partition coefficient (Wildman–Crippen LogP) is 1.30. The highest BCUT2D eigenvalue weighted by atomic mass is 32.2. The third-order valence-corrected chi connectivity index (χ3v) is 5.29. The van der Waals surface area contributed by atoms with Gasteiger partial charge in [0.15, 0.2) is 11.6 Å². The van der Waals surface area contributed by atoms with Gasteiger partial charge in [-0.15, -0.1) is 0 Å². The van der Waals surface area contributed by atoms with Crippen LogP contribution in [0, 0.1) is 17.6 Å². The van der Waals surface area contributed by atoms with E-state index in [1.54, 1.807) is 0 Å². The molecule has 128 valence electrons. The fourth-order valence-corrected chi connectivity index (χ4v) is 3.49. The Hall–Kier alpha value is -1.54. The molecule has 1 N–H and O–H groups in total. The smallest absolute Gasteiger partial charge is 0.223 e. The first-order valence-corrected chi connectivity index (χ1v) is 9.29. The van der Waals surface area contributed by atoms with Crippen molar-refractivity contribution >= 4 is 15.9 Å². The molecule has 23 heavy (non-hydrogen) atoms. The molecule has 0 saturated carbocycles. The van der Waals surface area contributed by atoms with Gasteiger partial charge in [-0.2, -0.15) is 0 Å². The monoisotopic (exact) mass is 346 g/mol. The molecule has 1 aliphatic heterocycles. The highest BCUT2D eigenvalue weighted by Gasteiger charge is 2.28. The Morgan fingerprint density at radius 3 is 2.48 bits per heavy atom. The summed E-state index contributed by atoms with van der Waals surface area (Å²) in [4.78, 5) is 12.1. The summed E-state index contributed by atoms with van der Waals surface area (Å²) in [5.74, 6) is -2.13. The molecule has 1 amide bonds. The standard InChI is InChI=1S/C15H20F2N2O3S/c1-23(21,22)19-8-5-12(6-9-19)15(20)18-7-4-11-2-3-13(16)14(17)10-11/h2-3,10,12H,4-9H2,1H3,(H,18,20). The first kappa shape index (κ1) is 17.8. The van der Waals surface area contributed by atoms with Gasteiger partial charge in [0.2, 0.25) is 15.9 Å². The van der Waals surface area contributed by atoms with Crippen molar-refractivity contribution in [2.24, 2.45) is 5.92 Å². The van der Waals surface area contributed by atoms with Crippen LogP contribution in [0.25, 0.3) is 0 Å². The predicted molar refractivity (Wildman–Crippen MR) is 82.2 cm³/mol. The summed E-state index contributed by atoms with van der Waals surface area (Å²) in [7, 11) is -3.20. The van der Waals surface area contributed by atoms with Crippen LogP contribution in [-0.4, -0.2) is 44.5 Å². The van der Waals surface area contributed by atoms with E-state index in [0.717, 1.165) is 18.4 Å². The second-order valence-electron chi connectivity index (χ2n) is 5.73. The van der Waals surface area contributed by atoms with E-state index in [-0.39, 0.29) is 11.8 Å². The zero-order valence-corrected chi connectivity index (χ0v) is 13.7. The SMILES string of the molecule is CS(=O)(=O)N1CCC(C(=O)NCCc2ccc(F)c(F)c2)CC1. The Morgan fingerprint density at radius 1 is 1.26 bits per heavy atom. The summed E-state index contributed by atoms with van der Waals surface area (Å²) in [6.07, 6.45) is 2.55. The molecule has 0 radical (unpaired) electrons. The lowest BCUT2D eigenvalue weighted by atomic mass is 9.97. The van der Waals surface area contributed by atoms with Crippen LogP contribution in [0.1, 0.15) is 18.4 Å². The Balaban J connectivity index is 1.76. The Labute approximate surface area is 134 Å². The van der Waals surface area contributed by atoms with Crippen LogP contribution in [0.5, 0.6) is 0 Å². The molecule has 8 heteroatoms. The van der Waals surface area contributed by atoms with Crippen LogP contribution in [0.4, 0.5) is 8.78 Å². The molecule has 0 aromatic heterocycles. The van der Waals surface area contributed by atoms with Crippen molar-refractivity contribution in [3.63, 3.8) is 0 Å². The first-order chi connectivity index (χ1) is 10.8. The van der Waals surface area contributed by atoms with Crippen molar-refractivity contribution in [2.45, 2.75) is 19.3 Å². The highest BCUT2D eigenvalue weighted by molar-refractivity contribution is 7.88. The molecular weight excluding hydrogens is 326 g/mol. The number of hydrogen-bond donors (Lipinski definition) is 1. The lowest BCUT2D eigenvalue weighted by Crippen LogP contribution is -2.42. The number of carbonyl (C=O) groups excluding carboxylic acids is 1. The molecule has 1 aromatic rings. The van der Waals surface area contributed by atoms with Crippen LogP contribution >= 0.6 is 0 Å². The molecular formula is C15H20F2N2O3S. The van der Waals surface area contributed by atoms with Gasteiger partial charge in [0, 0.05) is 25.6 Å². The molecule has 1 aromatic carbocycles. The Morgan fingerprint density at radius 2 is 1.91 bits per heavy atom. The molecule has 1 heterocycles. The van der Waals surface area contributed by atoms with Gasteiger partial charge in [-0.05, 0) is 37.0 Å². The minimum absolute atomic E-state index is 0.124. The molecule has 0 unspecified atom stereocenters.